The SMILES string of the molecule is COCCn1cnc2c1c(=O)n(CC(=O)Nc1ccc(C)cc1[N+](=O)[O-])c(=O)n2Cc1ccccc1. The number of nitro groups is 1. The van der Waals surface area contributed by atoms with Gasteiger partial charge in [0.15, 0.2) is 11.2 Å². The number of carbonyl (C=O) groups is 1. The number of benzene rings is 2. The number of amides is 1. The van der Waals surface area contributed by atoms with Crippen molar-refractivity contribution in [3.63, 3.8) is 0 Å². The lowest BCUT2D eigenvalue weighted by Gasteiger charge is -2.13. The molecule has 0 saturated heterocycles. The molecule has 0 atom stereocenters. The standard InChI is InChI=1S/C24H24N6O6/c1-16-8-9-18(19(12-16)30(34)35)26-20(31)14-29-23(32)21-22(25-15-27(21)10-11-36-2)28(24(29)33)13-17-6-4-3-5-7-17/h3-9,12,15H,10-11,13-14H2,1-2H3,(H,26,31). The summed E-state index contributed by atoms with van der Waals surface area (Å²) >= 11 is 0. The normalized spacial score (nSPS) is 11.1. The first-order valence-corrected chi connectivity index (χ1v) is 11.1. The molecule has 0 saturated carbocycles. The van der Waals surface area contributed by atoms with Gasteiger partial charge < -0.3 is 14.6 Å². The first-order valence-electron chi connectivity index (χ1n) is 11.1. The van der Waals surface area contributed by atoms with Gasteiger partial charge in [-0.2, -0.15) is 0 Å². The molecule has 1 amide bonds. The van der Waals surface area contributed by atoms with Crippen molar-refractivity contribution in [3.05, 3.63) is 96.9 Å². The third-order valence-electron chi connectivity index (χ3n) is 5.63. The fourth-order valence-electron chi connectivity index (χ4n) is 3.88. The summed E-state index contributed by atoms with van der Waals surface area (Å²) in [6.45, 7) is 1.80. The van der Waals surface area contributed by atoms with Crippen LogP contribution in [0.2, 0.25) is 0 Å². The van der Waals surface area contributed by atoms with E-state index in [1.807, 2.05) is 30.3 Å². The van der Waals surface area contributed by atoms with E-state index >= 15 is 0 Å². The molecule has 0 aliphatic carbocycles. The molecule has 0 radical (unpaired) electrons. The summed E-state index contributed by atoms with van der Waals surface area (Å²) < 4.78 is 8.82. The van der Waals surface area contributed by atoms with E-state index in [9.17, 15) is 24.5 Å². The van der Waals surface area contributed by atoms with Crippen LogP contribution in [0.3, 0.4) is 0 Å². The van der Waals surface area contributed by atoms with Gasteiger partial charge in [-0.25, -0.2) is 14.3 Å². The maximum atomic E-state index is 13.4. The summed E-state index contributed by atoms with van der Waals surface area (Å²) in [7, 11) is 1.53. The van der Waals surface area contributed by atoms with Crippen molar-refractivity contribution < 1.29 is 14.5 Å². The molecular formula is C24H24N6O6. The zero-order valence-corrected chi connectivity index (χ0v) is 19.7. The number of rotatable bonds is 9. The number of hydrogen-bond donors (Lipinski definition) is 1. The molecule has 186 valence electrons. The molecule has 1 N–H and O–H groups in total. The van der Waals surface area contributed by atoms with Gasteiger partial charge in [0.1, 0.15) is 12.2 Å². The third kappa shape index (κ3) is 4.93. The van der Waals surface area contributed by atoms with Crippen molar-refractivity contribution in [2.75, 3.05) is 19.0 Å². The number of nitro benzene ring substituents is 1. The molecule has 2 heterocycles. The molecule has 2 aromatic carbocycles. The highest BCUT2D eigenvalue weighted by Crippen LogP contribution is 2.25. The highest BCUT2D eigenvalue weighted by Gasteiger charge is 2.21. The summed E-state index contributed by atoms with van der Waals surface area (Å²) in [6, 6.07) is 13.5. The van der Waals surface area contributed by atoms with Gasteiger partial charge in [0.2, 0.25) is 5.91 Å². The molecule has 0 aliphatic heterocycles. The van der Waals surface area contributed by atoms with Crippen LogP contribution in [0.5, 0.6) is 0 Å². The molecule has 0 fully saturated rings. The Kier molecular flexibility index (Phi) is 7.06. The van der Waals surface area contributed by atoms with E-state index in [0.717, 1.165) is 10.1 Å². The second-order valence-corrected chi connectivity index (χ2v) is 8.17. The fourth-order valence-corrected chi connectivity index (χ4v) is 3.88. The molecule has 0 spiro atoms. The van der Waals surface area contributed by atoms with E-state index in [4.69, 9.17) is 4.74 Å². The molecule has 4 rings (SSSR count). The molecule has 36 heavy (non-hydrogen) atoms. The van der Waals surface area contributed by atoms with Crippen molar-refractivity contribution in [2.45, 2.75) is 26.6 Å². The first-order chi connectivity index (χ1) is 17.3. The number of ether oxygens (including phenoxy) is 1. The first kappa shape index (κ1) is 24.5. The van der Waals surface area contributed by atoms with Crippen LogP contribution in [0.1, 0.15) is 11.1 Å². The average molecular weight is 492 g/mol. The van der Waals surface area contributed by atoms with Gasteiger partial charge in [0.25, 0.3) is 11.2 Å². The second-order valence-electron chi connectivity index (χ2n) is 8.17. The number of nitrogens with zero attached hydrogens (tertiary/aromatic N) is 5. The van der Waals surface area contributed by atoms with E-state index in [2.05, 4.69) is 10.3 Å². The zero-order valence-electron chi connectivity index (χ0n) is 19.7. The van der Waals surface area contributed by atoms with Gasteiger partial charge in [-0.1, -0.05) is 36.4 Å². The predicted molar refractivity (Wildman–Crippen MR) is 132 cm³/mol. The molecular weight excluding hydrogens is 468 g/mol. The molecule has 0 aliphatic rings. The number of fused-ring (bicyclic) bond motifs is 1. The number of aromatic nitrogens is 4. The van der Waals surface area contributed by atoms with Gasteiger partial charge in [0, 0.05) is 19.7 Å². The van der Waals surface area contributed by atoms with Crippen LogP contribution in [0.4, 0.5) is 11.4 Å². The van der Waals surface area contributed by atoms with Gasteiger partial charge in [-0.3, -0.25) is 24.3 Å². The summed E-state index contributed by atoms with van der Waals surface area (Å²) in [5.74, 6) is -0.755. The average Bonchev–Trinajstić information content (AvgIpc) is 3.28. The molecule has 0 unspecified atom stereocenters. The van der Waals surface area contributed by atoms with Crippen LogP contribution < -0.4 is 16.6 Å². The van der Waals surface area contributed by atoms with Crippen LogP contribution >= 0.6 is 0 Å². The van der Waals surface area contributed by atoms with Crippen LogP contribution in [0, 0.1) is 17.0 Å². The van der Waals surface area contributed by atoms with E-state index < -0.39 is 28.6 Å². The van der Waals surface area contributed by atoms with E-state index in [-0.39, 0.29) is 29.1 Å². The van der Waals surface area contributed by atoms with Gasteiger partial charge in [-0.15, -0.1) is 0 Å². The molecule has 12 nitrogen and oxygen atoms in total. The number of anilines is 1. The van der Waals surface area contributed by atoms with E-state index in [1.165, 1.54) is 30.1 Å². The van der Waals surface area contributed by atoms with Gasteiger partial charge >= 0.3 is 5.69 Å². The minimum atomic E-state index is -0.755. The van der Waals surface area contributed by atoms with Crippen molar-refractivity contribution in [1.29, 1.82) is 0 Å². The van der Waals surface area contributed by atoms with Crippen molar-refractivity contribution >= 4 is 28.4 Å². The lowest BCUT2D eigenvalue weighted by Crippen LogP contribution is -2.43. The Morgan fingerprint density at radius 1 is 1.14 bits per heavy atom. The largest absolute Gasteiger partial charge is 0.383 e. The highest BCUT2D eigenvalue weighted by molar-refractivity contribution is 5.93. The third-order valence-corrected chi connectivity index (χ3v) is 5.63. The molecule has 12 heteroatoms. The molecule has 2 aromatic heterocycles. The van der Waals surface area contributed by atoms with Crippen molar-refractivity contribution in [3.8, 4) is 0 Å². The van der Waals surface area contributed by atoms with E-state index in [1.54, 1.807) is 17.6 Å². The van der Waals surface area contributed by atoms with Crippen LogP contribution in [-0.4, -0.2) is 43.2 Å². The number of imidazole rings is 1. The summed E-state index contributed by atoms with van der Waals surface area (Å²) in [5.41, 5.74) is 0.0624. The maximum absolute atomic E-state index is 13.4. The van der Waals surface area contributed by atoms with Crippen LogP contribution in [-0.2, 0) is 29.2 Å². The Morgan fingerprint density at radius 3 is 2.58 bits per heavy atom. The Hall–Kier alpha value is -4.58. The number of hydrogen-bond acceptors (Lipinski definition) is 7. The summed E-state index contributed by atoms with van der Waals surface area (Å²) in [5, 5.41) is 13.9. The molecule has 4 aromatic rings. The quantitative estimate of drug-likeness (QED) is 0.278. The lowest BCUT2D eigenvalue weighted by molar-refractivity contribution is -0.384. The summed E-state index contributed by atoms with van der Waals surface area (Å²) in [4.78, 5) is 54.7. The monoisotopic (exact) mass is 492 g/mol. The number of methoxy groups -OCH3 is 1. The topological polar surface area (TPSA) is 143 Å². The number of carbonyl (C=O) groups excluding carboxylic acids is 1. The van der Waals surface area contributed by atoms with Crippen molar-refractivity contribution in [2.24, 2.45) is 0 Å². The Bertz CT molecular complexity index is 1550. The van der Waals surface area contributed by atoms with Crippen molar-refractivity contribution in [1.82, 2.24) is 18.7 Å². The Balaban J connectivity index is 1.77. The number of aryl methyl sites for hydroxylation is 1. The second kappa shape index (κ2) is 10.4. The predicted octanol–water partition coefficient (Wildman–Crippen LogP) is 1.91. The smallest absolute Gasteiger partial charge is 0.333 e. The Morgan fingerprint density at radius 2 is 1.89 bits per heavy atom. The minimum Gasteiger partial charge on any atom is -0.383 e. The number of nitrogens with one attached hydrogen (secondary N) is 1. The summed E-state index contributed by atoms with van der Waals surface area (Å²) in [6.07, 6.45) is 1.45. The fraction of sp³-hybridized carbons (Fsp3) is 0.250. The highest BCUT2D eigenvalue weighted by atomic mass is 16.6. The Labute approximate surface area is 204 Å². The maximum Gasteiger partial charge on any atom is 0.333 e. The van der Waals surface area contributed by atoms with E-state index in [0.29, 0.717) is 18.7 Å². The lowest BCUT2D eigenvalue weighted by atomic mass is 10.2. The zero-order chi connectivity index (χ0) is 25.8. The van der Waals surface area contributed by atoms with Gasteiger partial charge in [0.05, 0.1) is 24.4 Å². The van der Waals surface area contributed by atoms with Gasteiger partial charge in [-0.05, 0) is 24.1 Å². The minimum absolute atomic E-state index is 0.0283. The van der Waals surface area contributed by atoms with Crippen LogP contribution in [0.15, 0.2) is 64.4 Å². The van der Waals surface area contributed by atoms with Crippen LogP contribution in [0.25, 0.3) is 11.2 Å². The molecule has 0 bridgehead atoms.